The van der Waals surface area contributed by atoms with E-state index in [1.54, 1.807) is 0 Å². The van der Waals surface area contributed by atoms with E-state index >= 15 is 0 Å². The smallest absolute Gasteiger partial charge is 0.309 e. The molecule has 2 aliphatic heterocycles. The molecule has 4 heteroatoms. The highest BCUT2D eigenvalue weighted by Crippen LogP contribution is 2.34. The van der Waals surface area contributed by atoms with Gasteiger partial charge in [-0.2, -0.15) is 0 Å². The molecule has 0 aromatic rings. The van der Waals surface area contributed by atoms with Crippen LogP contribution >= 0.6 is 0 Å². The quantitative estimate of drug-likeness (QED) is 0.744. The first kappa shape index (κ1) is 15.3. The van der Waals surface area contributed by atoms with E-state index in [4.69, 9.17) is 9.47 Å². The highest BCUT2D eigenvalue weighted by atomic mass is 16.5. The van der Waals surface area contributed by atoms with E-state index in [1.807, 2.05) is 0 Å². The average Bonchev–Trinajstić information content (AvgIpc) is 2.40. The third-order valence-corrected chi connectivity index (χ3v) is 4.85. The van der Waals surface area contributed by atoms with Crippen LogP contribution in [-0.2, 0) is 19.1 Å². The molecule has 2 heterocycles. The van der Waals surface area contributed by atoms with Crippen LogP contribution in [-0.4, -0.2) is 25.2 Å². The topological polar surface area (TPSA) is 52.6 Å². The molecule has 114 valence electrons. The lowest BCUT2D eigenvalue weighted by atomic mass is 9.77. The molecule has 2 rings (SSSR count). The van der Waals surface area contributed by atoms with E-state index in [0.717, 1.165) is 19.3 Å². The van der Waals surface area contributed by atoms with Crippen molar-refractivity contribution in [1.82, 2.24) is 0 Å². The molecular weight excluding hydrogens is 256 g/mol. The fourth-order valence-corrected chi connectivity index (χ4v) is 3.44. The molecule has 0 amide bonds. The fraction of sp³-hybridized carbons (Fsp3) is 0.875. The second kappa shape index (κ2) is 6.59. The Bertz CT molecular complexity index is 363. The van der Waals surface area contributed by atoms with Gasteiger partial charge in [-0.3, -0.25) is 9.59 Å². The summed E-state index contributed by atoms with van der Waals surface area (Å²) in [6, 6.07) is 0. The molecule has 2 saturated heterocycles. The van der Waals surface area contributed by atoms with Crippen molar-refractivity contribution in [3.8, 4) is 0 Å². The third kappa shape index (κ3) is 3.74. The predicted octanol–water partition coefficient (Wildman–Crippen LogP) is 2.80. The van der Waals surface area contributed by atoms with E-state index < -0.39 is 0 Å². The fourth-order valence-electron chi connectivity index (χ4n) is 3.44. The molecule has 0 aromatic heterocycles. The van der Waals surface area contributed by atoms with Gasteiger partial charge in [-0.05, 0) is 42.9 Å². The Kier molecular flexibility index (Phi) is 5.06. The second-order valence-corrected chi connectivity index (χ2v) is 6.77. The van der Waals surface area contributed by atoms with E-state index in [1.165, 1.54) is 0 Å². The number of carbonyl (C=O) groups excluding carboxylic acids is 2. The first-order chi connectivity index (χ1) is 9.47. The largest absolute Gasteiger partial charge is 0.466 e. The van der Waals surface area contributed by atoms with Crippen molar-refractivity contribution >= 4 is 11.9 Å². The maximum Gasteiger partial charge on any atom is 0.309 e. The molecule has 2 fully saturated rings. The highest BCUT2D eigenvalue weighted by molar-refractivity contribution is 5.73. The van der Waals surface area contributed by atoms with Crippen molar-refractivity contribution in [3.05, 3.63) is 0 Å². The van der Waals surface area contributed by atoms with Gasteiger partial charge in [0, 0.05) is 6.42 Å². The molecule has 20 heavy (non-hydrogen) atoms. The van der Waals surface area contributed by atoms with E-state index in [-0.39, 0.29) is 17.9 Å². The number of hydrogen-bond acceptors (Lipinski definition) is 4. The zero-order valence-corrected chi connectivity index (χ0v) is 12.8. The number of esters is 2. The molecule has 4 nitrogen and oxygen atoms in total. The summed E-state index contributed by atoms with van der Waals surface area (Å²) >= 11 is 0. The number of cyclic esters (lactones) is 2. The molecular formula is C16H26O4. The van der Waals surface area contributed by atoms with Gasteiger partial charge in [0.05, 0.1) is 19.1 Å². The molecule has 0 bridgehead atoms. The number of carbonyl (C=O) groups is 2. The summed E-state index contributed by atoms with van der Waals surface area (Å²) in [5.41, 5.74) is 0. The maximum absolute atomic E-state index is 11.7. The van der Waals surface area contributed by atoms with Crippen LogP contribution < -0.4 is 0 Å². The van der Waals surface area contributed by atoms with Gasteiger partial charge in [0.2, 0.25) is 0 Å². The van der Waals surface area contributed by atoms with Crippen LogP contribution in [0.4, 0.5) is 0 Å². The first-order valence-electron chi connectivity index (χ1n) is 7.79. The monoisotopic (exact) mass is 282 g/mol. The summed E-state index contributed by atoms with van der Waals surface area (Å²) in [7, 11) is 0. The summed E-state index contributed by atoms with van der Waals surface area (Å²) in [6.07, 6.45) is 3.47. The number of rotatable bonds is 4. The number of ether oxygens (including phenoxy) is 2. The van der Waals surface area contributed by atoms with Gasteiger partial charge in [-0.15, -0.1) is 0 Å². The predicted molar refractivity (Wildman–Crippen MR) is 74.9 cm³/mol. The normalized spacial score (nSPS) is 32.7. The van der Waals surface area contributed by atoms with E-state index in [2.05, 4.69) is 20.8 Å². The molecule has 4 atom stereocenters. The van der Waals surface area contributed by atoms with Crippen molar-refractivity contribution < 1.29 is 19.1 Å². The van der Waals surface area contributed by atoms with Crippen molar-refractivity contribution in [2.75, 3.05) is 13.2 Å². The van der Waals surface area contributed by atoms with E-state index in [0.29, 0.717) is 43.3 Å². The third-order valence-electron chi connectivity index (χ3n) is 4.85. The zero-order chi connectivity index (χ0) is 14.7. The van der Waals surface area contributed by atoms with Crippen LogP contribution in [0.5, 0.6) is 0 Å². The SMILES string of the molecule is CC(C)C1CC(CC(C)C2CCOC(=O)C2)COC1=O. The van der Waals surface area contributed by atoms with Gasteiger partial charge in [0.15, 0.2) is 0 Å². The lowest BCUT2D eigenvalue weighted by Gasteiger charge is -2.34. The Balaban J connectivity index is 1.86. The summed E-state index contributed by atoms with van der Waals surface area (Å²) < 4.78 is 10.3. The van der Waals surface area contributed by atoms with Crippen molar-refractivity contribution in [2.24, 2.45) is 29.6 Å². The minimum absolute atomic E-state index is 0.0369. The summed E-state index contributed by atoms with van der Waals surface area (Å²) in [5.74, 6) is 1.62. The minimum Gasteiger partial charge on any atom is -0.466 e. The summed E-state index contributed by atoms with van der Waals surface area (Å²) in [6.45, 7) is 7.47. The standard InChI is InChI=1S/C16H26O4/c1-10(2)14-7-12(9-20-16(14)18)6-11(3)13-4-5-19-15(17)8-13/h10-14H,4-9H2,1-3H3. The van der Waals surface area contributed by atoms with Crippen LogP contribution in [0.25, 0.3) is 0 Å². The van der Waals surface area contributed by atoms with Crippen LogP contribution in [0.1, 0.15) is 46.5 Å². The Morgan fingerprint density at radius 2 is 1.95 bits per heavy atom. The summed E-state index contributed by atoms with van der Waals surface area (Å²) in [5, 5.41) is 0. The molecule has 0 N–H and O–H groups in total. The lowest BCUT2D eigenvalue weighted by molar-refractivity contribution is -0.159. The van der Waals surface area contributed by atoms with Gasteiger partial charge in [0.1, 0.15) is 0 Å². The van der Waals surface area contributed by atoms with Crippen LogP contribution in [0.2, 0.25) is 0 Å². The Morgan fingerprint density at radius 3 is 2.60 bits per heavy atom. The molecule has 0 spiro atoms. The van der Waals surface area contributed by atoms with Crippen LogP contribution in [0, 0.1) is 29.6 Å². The zero-order valence-electron chi connectivity index (χ0n) is 12.8. The molecule has 0 aliphatic carbocycles. The van der Waals surface area contributed by atoms with Crippen LogP contribution in [0.3, 0.4) is 0 Å². The minimum atomic E-state index is -0.0665. The van der Waals surface area contributed by atoms with Crippen LogP contribution in [0.15, 0.2) is 0 Å². The van der Waals surface area contributed by atoms with Crippen molar-refractivity contribution in [2.45, 2.75) is 46.5 Å². The Hall–Kier alpha value is -1.06. The Morgan fingerprint density at radius 1 is 1.20 bits per heavy atom. The molecule has 2 aliphatic rings. The van der Waals surface area contributed by atoms with Crippen molar-refractivity contribution in [1.29, 1.82) is 0 Å². The molecule has 0 radical (unpaired) electrons. The lowest BCUT2D eigenvalue weighted by Crippen LogP contribution is -2.35. The molecule has 4 unspecified atom stereocenters. The van der Waals surface area contributed by atoms with Gasteiger partial charge >= 0.3 is 11.9 Å². The Labute approximate surface area is 121 Å². The maximum atomic E-state index is 11.7. The van der Waals surface area contributed by atoms with Gasteiger partial charge in [0.25, 0.3) is 0 Å². The average molecular weight is 282 g/mol. The summed E-state index contributed by atoms with van der Waals surface area (Å²) in [4.78, 5) is 23.1. The van der Waals surface area contributed by atoms with Gasteiger partial charge < -0.3 is 9.47 Å². The highest BCUT2D eigenvalue weighted by Gasteiger charge is 2.35. The first-order valence-corrected chi connectivity index (χ1v) is 7.79. The molecule has 0 saturated carbocycles. The van der Waals surface area contributed by atoms with Crippen molar-refractivity contribution in [3.63, 3.8) is 0 Å². The van der Waals surface area contributed by atoms with E-state index in [9.17, 15) is 9.59 Å². The second-order valence-electron chi connectivity index (χ2n) is 6.77. The molecule has 0 aromatic carbocycles. The number of hydrogen-bond donors (Lipinski definition) is 0. The van der Waals surface area contributed by atoms with Gasteiger partial charge in [-0.1, -0.05) is 20.8 Å². The van der Waals surface area contributed by atoms with Gasteiger partial charge in [-0.25, -0.2) is 0 Å².